The van der Waals surface area contributed by atoms with E-state index in [1.54, 1.807) is 84.9 Å². The number of amides is 10. The molecule has 4 aromatic rings. The summed E-state index contributed by atoms with van der Waals surface area (Å²) in [6.07, 6.45) is -1.45. The molecule has 0 saturated carbocycles. The van der Waals surface area contributed by atoms with Crippen molar-refractivity contribution in [2.75, 3.05) is 20.2 Å². The fraction of sp³-hybridized carbons (Fsp3) is 0.375. The lowest BCUT2D eigenvalue weighted by molar-refractivity contribution is -0.143. The first kappa shape index (κ1) is 62.3. The second-order valence-electron chi connectivity index (χ2n) is 19.4. The quantitative estimate of drug-likeness (QED) is 0.0151. The molecule has 1 aliphatic rings. The maximum Gasteiger partial charge on any atom is 0.246 e. The van der Waals surface area contributed by atoms with E-state index in [0.717, 1.165) is 4.90 Å². The van der Waals surface area contributed by atoms with Gasteiger partial charge in [0.05, 0.1) is 20.0 Å². The molecule has 1 saturated heterocycles. The highest BCUT2D eigenvalue weighted by Crippen LogP contribution is 2.21. The van der Waals surface area contributed by atoms with Crippen LogP contribution in [0, 0.1) is 0 Å². The molecular formula is C56H71N13O12. The summed E-state index contributed by atoms with van der Waals surface area (Å²) in [5, 5.41) is 25.5. The number of aliphatic imine (C=N–C) groups is 1. The predicted molar refractivity (Wildman–Crippen MR) is 296 cm³/mol. The molecule has 0 spiro atoms. The molecule has 0 radical (unpaired) electrons. The lowest BCUT2D eigenvalue weighted by Gasteiger charge is -2.31. The van der Waals surface area contributed by atoms with E-state index >= 15 is 0 Å². The first-order valence-corrected chi connectivity index (χ1v) is 26.2. The van der Waals surface area contributed by atoms with E-state index in [4.69, 9.17) is 33.4 Å². The number of phenols is 1. The van der Waals surface area contributed by atoms with Crippen LogP contribution in [0.2, 0.25) is 0 Å². The fourth-order valence-electron chi connectivity index (χ4n) is 8.97. The second-order valence-corrected chi connectivity index (χ2v) is 19.4. The zero-order valence-corrected chi connectivity index (χ0v) is 44.8. The number of rotatable bonds is 31. The van der Waals surface area contributed by atoms with Crippen molar-refractivity contribution in [3.63, 3.8) is 0 Å². The van der Waals surface area contributed by atoms with Crippen LogP contribution >= 0.6 is 0 Å². The van der Waals surface area contributed by atoms with Gasteiger partial charge in [-0.1, -0.05) is 84.9 Å². The Morgan fingerprint density at radius 1 is 0.580 bits per heavy atom. The van der Waals surface area contributed by atoms with E-state index in [9.17, 15) is 53.1 Å². The first-order valence-electron chi connectivity index (χ1n) is 26.2. The van der Waals surface area contributed by atoms with Gasteiger partial charge in [-0.25, -0.2) is 0 Å². The number of carbonyl (C=O) groups is 10. The second kappa shape index (κ2) is 31.1. The number of ether oxygens (including phenoxy) is 1. The van der Waals surface area contributed by atoms with Gasteiger partial charge in [0, 0.05) is 38.8 Å². The Balaban J connectivity index is 1.36. The number of primary amides is 3. The number of hydrogen-bond donors (Lipinski definition) is 12. The summed E-state index contributed by atoms with van der Waals surface area (Å²) in [6.45, 7) is 0.0101. The molecule has 5 rings (SSSR count). The van der Waals surface area contributed by atoms with Crippen molar-refractivity contribution in [1.82, 2.24) is 36.8 Å². The molecule has 81 heavy (non-hydrogen) atoms. The van der Waals surface area contributed by atoms with Gasteiger partial charge in [-0.15, -0.1) is 0 Å². The SMILES string of the molecule is COc1ccc(CC(NC(=O)Cc2ccccc2)C(=O)NC(Cc2ccccc2)C(=O)NC(CCC(N)=O)C(=O)NC(CC(N)=O)C(=O)N2CCCC2C(=O)NC(CCCN=C(N)N)C(=O)NC(Cc2ccc(O)cc2)C(N)=O)cc1. The number of nitrogens with two attached hydrogens (primary N) is 5. The number of nitrogens with zero attached hydrogens (tertiary/aromatic N) is 2. The first-order chi connectivity index (χ1) is 38.7. The van der Waals surface area contributed by atoms with Crippen molar-refractivity contribution in [2.45, 2.75) is 113 Å². The zero-order valence-electron chi connectivity index (χ0n) is 44.8. The van der Waals surface area contributed by atoms with Gasteiger partial charge in [0.15, 0.2) is 5.96 Å². The Morgan fingerprint density at radius 3 is 1.63 bits per heavy atom. The molecule has 1 aliphatic heterocycles. The number of likely N-dealkylation sites (tertiary alicyclic amines) is 1. The number of guanidine groups is 1. The van der Waals surface area contributed by atoms with Crippen molar-refractivity contribution < 1.29 is 57.8 Å². The molecule has 432 valence electrons. The van der Waals surface area contributed by atoms with Crippen molar-refractivity contribution in [1.29, 1.82) is 0 Å². The molecule has 10 amide bonds. The van der Waals surface area contributed by atoms with E-state index in [1.165, 1.54) is 31.4 Å². The van der Waals surface area contributed by atoms with Crippen molar-refractivity contribution >= 4 is 65.0 Å². The Hall–Kier alpha value is -9.55. The molecule has 7 atom stereocenters. The third-order valence-corrected chi connectivity index (χ3v) is 13.2. The van der Waals surface area contributed by atoms with Crippen molar-refractivity contribution in [2.24, 2.45) is 33.7 Å². The Labute approximate surface area is 467 Å². The average Bonchev–Trinajstić information content (AvgIpc) is 3.99. The van der Waals surface area contributed by atoms with E-state index in [1.807, 2.05) is 0 Å². The number of benzene rings is 4. The molecular weight excluding hydrogens is 1050 g/mol. The van der Waals surface area contributed by atoms with Crippen molar-refractivity contribution in [3.05, 3.63) is 131 Å². The summed E-state index contributed by atoms with van der Waals surface area (Å²) >= 11 is 0. The highest BCUT2D eigenvalue weighted by atomic mass is 16.5. The summed E-state index contributed by atoms with van der Waals surface area (Å²) in [4.78, 5) is 142. The standard InChI is InChI=1S/C56H71N13O12/c1-81-38-22-18-36(19-23-38)30-42(63-48(73)31-34-12-6-3-7-13-34)52(77)67-43(29-33-10-4-2-5-11-33)53(78)64-40(24-25-46(57)71)51(76)68-44(32-47(58)72)55(80)69-27-9-15-45(69)54(79)65-39(14-8-26-62-56(60)61)50(75)66-41(49(59)74)28-35-16-20-37(70)21-17-35/h2-7,10-13,16-23,39-45,70H,8-9,14-15,24-32H2,1H3,(H2,57,71)(H2,58,72)(H2,59,74)(H,63,73)(H,64,78)(H,65,79)(H,66,75)(H,67,77)(H,68,76)(H4,60,61,62). The van der Waals surface area contributed by atoms with Crippen LogP contribution < -0.4 is 65.3 Å². The number of phenolic OH excluding ortho intramolecular Hbond substituents is 1. The van der Waals surface area contributed by atoms with Gasteiger partial charge in [-0.2, -0.15) is 0 Å². The molecule has 4 aromatic carbocycles. The van der Waals surface area contributed by atoms with Crippen LogP contribution in [0.25, 0.3) is 0 Å². The molecule has 17 N–H and O–H groups in total. The molecule has 25 heteroatoms. The van der Waals surface area contributed by atoms with E-state index in [-0.39, 0.29) is 76.2 Å². The summed E-state index contributed by atoms with van der Waals surface area (Å²) in [7, 11) is 1.50. The highest BCUT2D eigenvalue weighted by molar-refractivity contribution is 5.99. The van der Waals surface area contributed by atoms with Gasteiger partial charge in [0.2, 0.25) is 59.1 Å². The molecule has 1 fully saturated rings. The smallest absolute Gasteiger partial charge is 0.246 e. The van der Waals surface area contributed by atoms with E-state index in [0.29, 0.717) is 28.0 Å². The Bertz CT molecular complexity index is 2850. The van der Waals surface area contributed by atoms with Crippen LogP contribution in [0.15, 0.2) is 114 Å². The number of methoxy groups -OCH3 is 1. The van der Waals surface area contributed by atoms with E-state index in [2.05, 4.69) is 36.9 Å². The van der Waals surface area contributed by atoms with Crippen molar-refractivity contribution in [3.8, 4) is 11.5 Å². The van der Waals surface area contributed by atoms with Gasteiger partial charge in [0.1, 0.15) is 53.8 Å². The van der Waals surface area contributed by atoms with Gasteiger partial charge in [-0.05, 0) is 78.6 Å². The predicted octanol–water partition coefficient (Wildman–Crippen LogP) is -1.75. The third-order valence-electron chi connectivity index (χ3n) is 13.2. The van der Waals surface area contributed by atoms with Crippen LogP contribution in [0.5, 0.6) is 11.5 Å². The fourth-order valence-corrected chi connectivity index (χ4v) is 8.97. The van der Waals surface area contributed by atoms with Crippen LogP contribution in [-0.2, 0) is 73.6 Å². The summed E-state index contributed by atoms with van der Waals surface area (Å²) in [5.41, 5.74) is 30.2. The number of hydrogen-bond acceptors (Lipinski definition) is 13. The Kier molecular flexibility index (Phi) is 24.0. The average molecular weight is 1120 g/mol. The number of nitrogens with one attached hydrogen (secondary N) is 6. The van der Waals surface area contributed by atoms with Gasteiger partial charge >= 0.3 is 0 Å². The molecule has 25 nitrogen and oxygen atoms in total. The van der Waals surface area contributed by atoms with Gasteiger partial charge in [-0.3, -0.25) is 52.9 Å². The van der Waals surface area contributed by atoms with E-state index < -0.39 is 121 Å². The minimum atomic E-state index is -1.73. The molecule has 7 unspecified atom stereocenters. The molecule has 0 bridgehead atoms. The van der Waals surface area contributed by atoms with Crippen LogP contribution in [-0.4, -0.2) is 138 Å². The van der Waals surface area contributed by atoms with Crippen LogP contribution in [0.3, 0.4) is 0 Å². The lowest BCUT2D eigenvalue weighted by atomic mass is 10.0. The zero-order chi connectivity index (χ0) is 59.0. The lowest BCUT2D eigenvalue weighted by Crippen LogP contribution is -2.60. The topological polar surface area (TPSA) is 418 Å². The minimum Gasteiger partial charge on any atom is -0.508 e. The van der Waals surface area contributed by atoms with Gasteiger partial charge < -0.3 is 75.3 Å². The maximum absolute atomic E-state index is 14.5. The largest absolute Gasteiger partial charge is 0.508 e. The minimum absolute atomic E-state index is 0.00844. The Morgan fingerprint density at radius 2 is 1.07 bits per heavy atom. The molecule has 0 aromatic heterocycles. The molecule has 1 heterocycles. The third kappa shape index (κ3) is 20.6. The van der Waals surface area contributed by atoms with Crippen LogP contribution in [0.4, 0.5) is 0 Å². The number of carbonyl (C=O) groups excluding carboxylic acids is 10. The summed E-state index contributed by atoms with van der Waals surface area (Å²) in [6, 6.07) is 20.3. The van der Waals surface area contributed by atoms with Crippen LogP contribution in [0.1, 0.15) is 67.2 Å². The number of aromatic hydroxyl groups is 1. The summed E-state index contributed by atoms with van der Waals surface area (Å²) in [5.74, 6) is -8.22. The van der Waals surface area contributed by atoms with Gasteiger partial charge in [0.25, 0.3) is 0 Å². The monoisotopic (exact) mass is 1120 g/mol. The maximum atomic E-state index is 14.5. The normalized spacial score (nSPS) is 14.9. The molecule has 0 aliphatic carbocycles. The summed E-state index contributed by atoms with van der Waals surface area (Å²) < 4.78 is 5.28. The highest BCUT2D eigenvalue weighted by Gasteiger charge is 2.41.